The lowest BCUT2D eigenvalue weighted by molar-refractivity contribution is -0.160. The van der Waals surface area contributed by atoms with Crippen LogP contribution in [0.3, 0.4) is 0 Å². The molecule has 1 amide bonds. The number of Topliss-reactive ketones (excluding diaryl/α,β-unsaturated/α-hetero) is 1. The number of nitrogens with zero attached hydrogens (tertiary/aromatic N) is 2. The second kappa shape index (κ2) is 18.4. The van der Waals surface area contributed by atoms with Gasteiger partial charge in [0.15, 0.2) is 28.8 Å². The van der Waals surface area contributed by atoms with Crippen LogP contribution in [0.1, 0.15) is 85.6 Å². The van der Waals surface area contributed by atoms with Crippen molar-refractivity contribution in [3.8, 4) is 11.5 Å². The minimum Gasteiger partial charge on any atom is -0.509 e. The highest BCUT2D eigenvalue weighted by Crippen LogP contribution is 2.56. The summed E-state index contributed by atoms with van der Waals surface area (Å²) in [6, 6.07) is 3.11. The molecule has 0 spiro atoms. The van der Waals surface area contributed by atoms with Gasteiger partial charge in [0, 0.05) is 93.3 Å². The molecule has 8 aliphatic rings. The number of allylic oxidation sites excluding steroid dienone is 5. The Labute approximate surface area is 388 Å². The van der Waals surface area contributed by atoms with Gasteiger partial charge in [-0.05, 0) is 38.7 Å². The number of hydrogen-bond donors (Lipinski definition) is 5. The predicted octanol–water partition coefficient (Wildman–Crippen LogP) is 5.49. The van der Waals surface area contributed by atoms with E-state index in [-0.39, 0.29) is 57.2 Å². The van der Waals surface area contributed by atoms with E-state index in [2.05, 4.69) is 5.32 Å². The van der Waals surface area contributed by atoms with Crippen molar-refractivity contribution in [2.24, 2.45) is 35.5 Å². The van der Waals surface area contributed by atoms with Crippen LogP contribution in [0.5, 0.6) is 0 Å². The average Bonchev–Trinajstić information content (AvgIpc) is 4.07. The maximum Gasteiger partial charge on any atom is 0.306 e. The van der Waals surface area contributed by atoms with Gasteiger partial charge in [0.2, 0.25) is 5.43 Å². The summed E-state index contributed by atoms with van der Waals surface area (Å²) in [6.45, 7) is 14.5. The zero-order valence-electron chi connectivity index (χ0n) is 39.3. The van der Waals surface area contributed by atoms with Crippen molar-refractivity contribution < 1.29 is 62.9 Å². The first-order valence-corrected chi connectivity index (χ1v) is 23.0. The van der Waals surface area contributed by atoms with Gasteiger partial charge < -0.3 is 58.7 Å². The fourth-order valence-electron chi connectivity index (χ4n) is 9.82. The van der Waals surface area contributed by atoms with Gasteiger partial charge in [0.1, 0.15) is 23.3 Å². The van der Waals surface area contributed by atoms with E-state index in [0.717, 1.165) is 0 Å². The van der Waals surface area contributed by atoms with Crippen LogP contribution in [0.25, 0.3) is 17.2 Å². The van der Waals surface area contributed by atoms with Crippen molar-refractivity contribution >= 4 is 29.0 Å². The Bertz CT molecular complexity index is 2540. The summed E-state index contributed by atoms with van der Waals surface area (Å²) in [5.74, 6) is -9.64. The van der Waals surface area contributed by atoms with Gasteiger partial charge in [0.25, 0.3) is 5.91 Å². The number of ketones is 1. The van der Waals surface area contributed by atoms with Gasteiger partial charge in [-0.1, -0.05) is 45.9 Å². The molecule has 0 radical (unpaired) electrons. The van der Waals surface area contributed by atoms with Crippen LogP contribution in [-0.4, -0.2) is 106 Å². The van der Waals surface area contributed by atoms with Crippen molar-refractivity contribution in [3.63, 3.8) is 0 Å². The van der Waals surface area contributed by atoms with E-state index in [4.69, 9.17) is 33.1 Å². The molecule has 2 fully saturated rings. The van der Waals surface area contributed by atoms with E-state index in [1.807, 2.05) is 4.90 Å². The number of rotatable bonds is 6. The third-order valence-electron chi connectivity index (χ3n) is 14.3. The molecular formula is C50H61N3O14. The molecule has 360 valence electrons. The molecule has 0 aromatic rings. The molecule has 4 aliphatic heterocycles. The minimum atomic E-state index is -1.96. The number of ether oxygens (including phenoxy) is 5. The molecule has 17 nitrogen and oxygen atoms in total. The summed E-state index contributed by atoms with van der Waals surface area (Å²) in [6.07, 6.45) is 6.00. The molecule has 4 heterocycles. The van der Waals surface area contributed by atoms with Gasteiger partial charge in [-0.25, -0.2) is 4.98 Å². The average molecular weight is 928 g/mol. The lowest BCUT2D eigenvalue weighted by Gasteiger charge is -2.40. The number of esters is 1. The number of benzene rings is 1. The van der Waals surface area contributed by atoms with Gasteiger partial charge in [-0.3, -0.25) is 19.2 Å². The number of hydrogen-bond acceptors (Lipinski definition) is 16. The van der Waals surface area contributed by atoms with E-state index < -0.39 is 100 Å². The Balaban J connectivity index is 1.25. The smallest absolute Gasteiger partial charge is 0.306 e. The molecule has 4 aliphatic carbocycles. The van der Waals surface area contributed by atoms with Gasteiger partial charge in [0.05, 0.1) is 53.8 Å². The molecule has 1 saturated heterocycles. The molecule has 0 aromatic heterocycles. The minimum absolute atomic E-state index is 0.0214. The predicted molar refractivity (Wildman–Crippen MR) is 243 cm³/mol. The molecule has 11 atom stereocenters. The van der Waals surface area contributed by atoms with E-state index in [0.29, 0.717) is 31.3 Å². The number of carbonyl (C=O) groups is 3. The lowest BCUT2D eigenvalue weighted by atomic mass is 9.69. The summed E-state index contributed by atoms with van der Waals surface area (Å²) in [7, 11) is 1.45. The standard InChI is InChI=1S/C50H61N3O14/c1-22-11-10-12-23(2)49(61)52-40-44(59)36-35(39-47(40)66-34-18-30(17-32(55)38(34)51-39)53-19-31(20-53)63-21-29-13-14-29)37-46(27(6)43(36)58)67-50(8,48(37)60)64-16-15-33(62-9)24(3)45(65-28(7)54)26(5)42(57)25(4)41(22)56/h10-12,15-18,22,24-26,29,31,33,35-36,41-42,45,56-57,59-60H,13-14,19-21H2,1-9H3,(H,52,61)/b11-10+,16-15+,23-12-/t22-,24+,25+,26+,33-,35?,36?,41-,42+,45+,50-/m0/s1. The van der Waals surface area contributed by atoms with Crippen LogP contribution < -0.4 is 15.6 Å². The van der Waals surface area contributed by atoms with Crippen molar-refractivity contribution in [2.45, 2.75) is 110 Å². The third kappa shape index (κ3) is 8.82. The monoisotopic (exact) mass is 927 g/mol. The number of aliphatic hydroxyl groups excluding tert-OH is 4. The molecule has 17 heteroatoms. The number of fused-ring (bicyclic) bond motifs is 2. The number of anilines is 1. The molecule has 4 bridgehead atoms. The molecular weight excluding hydrogens is 867 g/mol. The van der Waals surface area contributed by atoms with E-state index in [1.54, 1.807) is 45.9 Å². The van der Waals surface area contributed by atoms with Crippen LogP contribution in [0.15, 0.2) is 85.9 Å². The van der Waals surface area contributed by atoms with Crippen LogP contribution >= 0.6 is 0 Å². The summed E-state index contributed by atoms with van der Waals surface area (Å²) < 4.78 is 36.6. The summed E-state index contributed by atoms with van der Waals surface area (Å²) in [5.41, 5.74) is -0.00473. The van der Waals surface area contributed by atoms with Gasteiger partial charge in [-0.15, -0.1) is 0 Å². The maximum absolute atomic E-state index is 14.5. The van der Waals surface area contributed by atoms with Crippen LogP contribution in [0, 0.1) is 35.5 Å². The number of aromatic nitrogens is 1. The van der Waals surface area contributed by atoms with Crippen molar-refractivity contribution in [1.82, 2.24) is 10.3 Å². The number of nitrogens with one attached hydrogen (secondary N) is 1. The summed E-state index contributed by atoms with van der Waals surface area (Å²) >= 11 is 0. The normalized spacial score (nSPS) is 34.7. The van der Waals surface area contributed by atoms with Gasteiger partial charge in [-0.2, -0.15) is 0 Å². The topological polar surface area (TPSA) is 237 Å². The fraction of sp³-hybridized carbons (Fsp3) is 0.540. The Hall–Kier alpha value is -5.75. The highest BCUT2D eigenvalue weighted by molar-refractivity contribution is 6.06. The Kier molecular flexibility index (Phi) is 13.1. The highest BCUT2D eigenvalue weighted by Gasteiger charge is 2.58. The van der Waals surface area contributed by atoms with Crippen LogP contribution in [-0.2, 0) is 38.1 Å². The fourth-order valence-corrected chi connectivity index (χ4v) is 9.82. The number of aliphatic hydroxyl groups is 4. The molecule has 1 saturated carbocycles. The number of methoxy groups -OCH3 is 1. The Morgan fingerprint density at radius 3 is 2.37 bits per heavy atom. The number of amides is 1. The Morgan fingerprint density at radius 1 is 0.985 bits per heavy atom. The highest BCUT2D eigenvalue weighted by atomic mass is 16.7. The molecule has 5 N–H and O–H groups in total. The van der Waals surface area contributed by atoms with E-state index in [1.165, 1.54) is 72.1 Å². The first kappa shape index (κ1) is 47.7. The largest absolute Gasteiger partial charge is 0.509 e. The van der Waals surface area contributed by atoms with Crippen molar-refractivity contribution in [2.75, 3.05) is 31.7 Å². The molecule has 2 unspecified atom stereocenters. The van der Waals surface area contributed by atoms with Crippen LogP contribution in [0.4, 0.5) is 5.69 Å². The summed E-state index contributed by atoms with van der Waals surface area (Å²) in [5, 5.41) is 50.2. The van der Waals surface area contributed by atoms with Crippen LogP contribution in [0.2, 0.25) is 0 Å². The third-order valence-corrected chi connectivity index (χ3v) is 14.3. The van der Waals surface area contributed by atoms with Crippen molar-refractivity contribution in [1.29, 1.82) is 0 Å². The molecule has 8 rings (SSSR count). The lowest BCUT2D eigenvalue weighted by Crippen LogP contribution is -2.52. The molecule has 67 heavy (non-hydrogen) atoms. The van der Waals surface area contributed by atoms with Gasteiger partial charge >= 0.3 is 11.8 Å². The first-order chi connectivity index (χ1) is 31.7. The first-order valence-electron chi connectivity index (χ1n) is 23.0. The maximum atomic E-state index is 14.5. The Morgan fingerprint density at radius 2 is 1.70 bits per heavy atom. The second-order valence-electron chi connectivity index (χ2n) is 19.2. The SMILES string of the molecule is CO[C@H]1/C=C/O[C@@]2(C)OC3=C(C)C(=O)C4C(O)=C(NC(=O)/C(C)=C\C=C\[C@H](C)[C@H](O)[C@@H](C)[C@@H](O)[C@@H](C)[C@H](OC(C)=O)[C@@H]1C)c1oc5cc(N6CC(OCC7CC7)C6)cc(=O)c-5nc1C4C3=C2O. The second-order valence-corrected chi connectivity index (χ2v) is 19.2. The summed E-state index contributed by atoms with van der Waals surface area (Å²) in [4.78, 5) is 61.7. The zero-order valence-corrected chi connectivity index (χ0v) is 39.3. The zero-order chi connectivity index (χ0) is 48.4. The van der Waals surface area contributed by atoms with E-state index in [9.17, 15) is 39.6 Å². The number of carbonyl (C=O) groups excluding carboxylic acids is 3. The quantitative estimate of drug-likeness (QED) is 0.225. The van der Waals surface area contributed by atoms with E-state index >= 15 is 0 Å². The van der Waals surface area contributed by atoms with Crippen molar-refractivity contribution in [3.05, 3.63) is 98.4 Å². The molecule has 0 aromatic carbocycles.